The molecule has 1 aliphatic carbocycles. The minimum atomic E-state index is -3.55. The summed E-state index contributed by atoms with van der Waals surface area (Å²) in [5.41, 5.74) is 3.84. The number of carboxylic acids is 1. The highest BCUT2D eigenvalue weighted by Gasteiger charge is 2.26. The number of nitrogens with one attached hydrogen (secondary N) is 1. The molecule has 2 aromatic rings. The molecule has 0 bridgehead atoms. The highest BCUT2D eigenvalue weighted by atomic mass is 32.2. The molecule has 0 aromatic heterocycles. The van der Waals surface area contributed by atoms with Gasteiger partial charge in [-0.25, -0.2) is 13.1 Å². The second-order valence-electron chi connectivity index (χ2n) is 6.21. The van der Waals surface area contributed by atoms with E-state index in [2.05, 4.69) is 4.72 Å². The lowest BCUT2D eigenvalue weighted by Gasteiger charge is -2.12. The maximum Gasteiger partial charge on any atom is 0.307 e. The van der Waals surface area contributed by atoms with Gasteiger partial charge in [0.1, 0.15) is 0 Å². The molecule has 6 heteroatoms. The fraction of sp³-hybridized carbons (Fsp3) is 0.278. The largest absolute Gasteiger partial charge is 0.481 e. The number of rotatable bonds is 5. The number of hydrogen-bond donors (Lipinski definition) is 2. The van der Waals surface area contributed by atoms with Crippen molar-refractivity contribution in [1.82, 2.24) is 4.72 Å². The van der Waals surface area contributed by atoms with Gasteiger partial charge in [0.05, 0.1) is 11.3 Å². The molecule has 0 amide bonds. The predicted octanol–water partition coefficient (Wildman–Crippen LogP) is 2.07. The zero-order valence-corrected chi connectivity index (χ0v) is 14.1. The average Bonchev–Trinajstić information content (AvgIpc) is 2.87. The number of aryl methyl sites for hydroxylation is 1. The Kier molecular flexibility index (Phi) is 4.43. The van der Waals surface area contributed by atoms with Crippen molar-refractivity contribution in [1.29, 1.82) is 0 Å². The van der Waals surface area contributed by atoms with Crippen molar-refractivity contribution in [2.24, 2.45) is 0 Å². The quantitative estimate of drug-likeness (QED) is 0.869. The van der Waals surface area contributed by atoms with Gasteiger partial charge in [-0.1, -0.05) is 35.9 Å². The first-order valence-electron chi connectivity index (χ1n) is 7.75. The lowest BCUT2D eigenvalue weighted by atomic mass is 10.0. The summed E-state index contributed by atoms with van der Waals surface area (Å²) in [6, 6.07) is 12.1. The van der Waals surface area contributed by atoms with Crippen molar-refractivity contribution in [2.75, 3.05) is 0 Å². The van der Waals surface area contributed by atoms with Crippen molar-refractivity contribution < 1.29 is 18.3 Å². The lowest BCUT2D eigenvalue weighted by molar-refractivity contribution is -0.136. The van der Waals surface area contributed by atoms with Gasteiger partial charge in [-0.15, -0.1) is 0 Å². The molecule has 1 atom stereocenters. The summed E-state index contributed by atoms with van der Waals surface area (Å²) >= 11 is 0. The van der Waals surface area contributed by atoms with Crippen molar-refractivity contribution >= 4 is 16.0 Å². The molecule has 1 unspecified atom stereocenters. The molecule has 126 valence electrons. The first-order valence-corrected chi connectivity index (χ1v) is 9.23. The van der Waals surface area contributed by atoms with Crippen LogP contribution in [0.4, 0.5) is 0 Å². The van der Waals surface area contributed by atoms with E-state index in [-0.39, 0.29) is 17.4 Å². The van der Waals surface area contributed by atoms with Crippen LogP contribution in [0.25, 0.3) is 0 Å². The van der Waals surface area contributed by atoms with Crippen molar-refractivity contribution in [3.05, 3.63) is 64.7 Å². The molecule has 0 heterocycles. The van der Waals surface area contributed by atoms with Crippen LogP contribution in [0.1, 0.15) is 22.3 Å². The van der Waals surface area contributed by atoms with Gasteiger partial charge in [-0.3, -0.25) is 4.79 Å². The van der Waals surface area contributed by atoms with Crippen LogP contribution in [0, 0.1) is 6.92 Å². The van der Waals surface area contributed by atoms with Crippen LogP contribution in [0.5, 0.6) is 0 Å². The van der Waals surface area contributed by atoms with Crippen LogP contribution in [0.15, 0.2) is 47.4 Å². The van der Waals surface area contributed by atoms with E-state index in [1.165, 1.54) is 0 Å². The third-order valence-electron chi connectivity index (χ3n) is 4.21. The van der Waals surface area contributed by atoms with Crippen LogP contribution in [-0.2, 0) is 34.1 Å². The summed E-state index contributed by atoms with van der Waals surface area (Å²) in [6.45, 7) is 1.91. The Morgan fingerprint density at radius 2 is 1.79 bits per heavy atom. The second kappa shape index (κ2) is 6.37. The van der Waals surface area contributed by atoms with Gasteiger partial charge in [-0.2, -0.15) is 0 Å². The Hall–Kier alpha value is -2.18. The number of hydrogen-bond acceptors (Lipinski definition) is 3. The van der Waals surface area contributed by atoms with Gasteiger partial charge in [0.2, 0.25) is 10.0 Å². The van der Waals surface area contributed by atoms with E-state index in [0.29, 0.717) is 12.8 Å². The smallest absolute Gasteiger partial charge is 0.307 e. The summed E-state index contributed by atoms with van der Waals surface area (Å²) in [5.74, 6) is -0.871. The van der Waals surface area contributed by atoms with E-state index >= 15 is 0 Å². The highest BCUT2D eigenvalue weighted by molar-refractivity contribution is 7.89. The third-order valence-corrected chi connectivity index (χ3v) is 5.75. The Morgan fingerprint density at radius 1 is 1.12 bits per heavy atom. The van der Waals surface area contributed by atoms with Crippen LogP contribution >= 0.6 is 0 Å². The van der Waals surface area contributed by atoms with Gasteiger partial charge in [-0.05, 0) is 48.6 Å². The van der Waals surface area contributed by atoms with Gasteiger partial charge in [0, 0.05) is 6.04 Å². The Morgan fingerprint density at radius 3 is 2.46 bits per heavy atom. The Bertz CT molecular complexity index is 872. The molecule has 0 spiro atoms. The van der Waals surface area contributed by atoms with Crippen LogP contribution in [-0.4, -0.2) is 25.5 Å². The molecule has 2 aromatic carbocycles. The molecule has 24 heavy (non-hydrogen) atoms. The first-order chi connectivity index (χ1) is 11.3. The van der Waals surface area contributed by atoms with Gasteiger partial charge < -0.3 is 5.11 Å². The Balaban J connectivity index is 1.73. The average molecular weight is 345 g/mol. The topological polar surface area (TPSA) is 83.5 Å². The maximum atomic E-state index is 12.5. The van der Waals surface area contributed by atoms with E-state index in [1.54, 1.807) is 30.3 Å². The van der Waals surface area contributed by atoms with Crippen LogP contribution in [0.3, 0.4) is 0 Å². The fourth-order valence-corrected chi connectivity index (χ4v) is 4.28. The number of carboxylic acid groups (broad SMARTS) is 1. The molecule has 0 aliphatic heterocycles. The number of fused-ring (bicyclic) bond motifs is 1. The molecule has 0 fully saturated rings. The van der Waals surface area contributed by atoms with Crippen molar-refractivity contribution in [3.63, 3.8) is 0 Å². The molecular weight excluding hydrogens is 326 g/mol. The maximum absolute atomic E-state index is 12.5. The number of benzene rings is 2. The molecule has 2 N–H and O–H groups in total. The fourth-order valence-electron chi connectivity index (χ4n) is 3.04. The summed E-state index contributed by atoms with van der Waals surface area (Å²) in [4.78, 5) is 11.1. The summed E-state index contributed by atoms with van der Waals surface area (Å²) in [6.07, 6.45) is 1.18. The van der Waals surface area contributed by atoms with E-state index in [9.17, 15) is 13.2 Å². The second-order valence-corrected chi connectivity index (χ2v) is 7.93. The third kappa shape index (κ3) is 3.66. The number of sulfonamides is 1. The zero-order valence-electron chi connectivity index (χ0n) is 13.3. The lowest BCUT2D eigenvalue weighted by Crippen LogP contribution is -2.35. The molecule has 1 aliphatic rings. The highest BCUT2D eigenvalue weighted by Crippen LogP contribution is 2.25. The summed E-state index contributed by atoms with van der Waals surface area (Å²) in [7, 11) is -3.55. The van der Waals surface area contributed by atoms with Gasteiger partial charge in [0.25, 0.3) is 0 Å². The van der Waals surface area contributed by atoms with Crippen molar-refractivity contribution in [2.45, 2.75) is 37.1 Å². The monoisotopic (exact) mass is 345 g/mol. The minimum absolute atomic E-state index is 0.0208. The number of carbonyl (C=O) groups is 1. The summed E-state index contributed by atoms with van der Waals surface area (Å²) < 4.78 is 27.7. The minimum Gasteiger partial charge on any atom is -0.481 e. The SMILES string of the molecule is Cc1ccc(S(=O)(=O)NC2Cc3ccc(CC(=O)O)cc3C2)cc1. The van der Waals surface area contributed by atoms with Crippen LogP contribution < -0.4 is 4.72 Å². The van der Waals surface area contributed by atoms with Crippen molar-refractivity contribution in [3.8, 4) is 0 Å². The zero-order chi connectivity index (χ0) is 17.3. The Labute approximate surface area is 141 Å². The standard InChI is InChI=1S/C18H19NO4S/c1-12-2-6-17(7-3-12)24(22,23)19-16-10-14-5-4-13(9-18(20)21)8-15(14)11-16/h2-8,16,19H,9-11H2,1H3,(H,20,21). The van der Waals surface area contributed by atoms with E-state index < -0.39 is 16.0 Å². The molecular formula is C18H19NO4S. The predicted molar refractivity (Wildman–Crippen MR) is 90.5 cm³/mol. The molecule has 3 rings (SSSR count). The molecule has 0 radical (unpaired) electrons. The number of aliphatic carboxylic acids is 1. The summed E-state index contributed by atoms with van der Waals surface area (Å²) in [5, 5.41) is 8.87. The van der Waals surface area contributed by atoms with E-state index in [1.807, 2.05) is 19.1 Å². The van der Waals surface area contributed by atoms with E-state index in [4.69, 9.17) is 5.11 Å². The van der Waals surface area contributed by atoms with Gasteiger partial charge in [0.15, 0.2) is 0 Å². The molecule has 5 nitrogen and oxygen atoms in total. The van der Waals surface area contributed by atoms with Gasteiger partial charge >= 0.3 is 5.97 Å². The first kappa shape index (κ1) is 16.7. The van der Waals surface area contributed by atoms with Crippen LogP contribution in [0.2, 0.25) is 0 Å². The molecule has 0 saturated carbocycles. The molecule has 0 saturated heterocycles. The van der Waals surface area contributed by atoms with E-state index in [0.717, 1.165) is 22.3 Å². The normalized spacial score (nSPS) is 16.8.